The van der Waals surface area contributed by atoms with E-state index in [1.807, 2.05) is 249 Å². The number of phenols is 1. The number of carbonyl (C=O) groups excluding carboxylic acids is 3. The van der Waals surface area contributed by atoms with Crippen molar-refractivity contribution in [1.29, 1.82) is 5.26 Å². The molecule has 0 atom stereocenters. The van der Waals surface area contributed by atoms with E-state index in [0.717, 1.165) is 120 Å². The number of carbonyl (C=O) groups is 3. The van der Waals surface area contributed by atoms with Crippen LogP contribution in [0.15, 0.2) is 303 Å². The first-order chi connectivity index (χ1) is 46.3. The highest BCUT2D eigenvalue weighted by molar-refractivity contribution is 6.03. The van der Waals surface area contributed by atoms with Gasteiger partial charge in [0.25, 0.3) is 0 Å². The van der Waals surface area contributed by atoms with E-state index < -0.39 is 0 Å². The number of aliphatic hydroxyl groups excluding tert-OH is 1. The van der Waals surface area contributed by atoms with Gasteiger partial charge >= 0.3 is 0 Å². The molecular formula is C83H69ClN2O9. The molecule has 0 radical (unpaired) electrons. The maximum Gasteiger partial charge on any atom is 0.150 e. The van der Waals surface area contributed by atoms with Crippen LogP contribution < -0.4 is 24.7 Å². The van der Waals surface area contributed by atoms with Crippen LogP contribution in [0.4, 0.5) is 0 Å². The Balaban J connectivity index is 0.000000151. The quantitative estimate of drug-likeness (QED) is 0.0883. The molecule has 0 saturated heterocycles. The molecule has 95 heavy (non-hydrogen) atoms. The number of nitrogens with zero attached hydrogens (tertiary/aromatic N) is 1. The summed E-state index contributed by atoms with van der Waals surface area (Å²) in [6, 6.07) is 98.5. The monoisotopic (exact) mass is 1270 g/mol. The van der Waals surface area contributed by atoms with E-state index in [1.54, 1.807) is 31.2 Å². The number of nitrogens with two attached hydrogens (primary N) is 1. The van der Waals surface area contributed by atoms with Gasteiger partial charge in [0.15, 0.2) is 18.9 Å². The van der Waals surface area contributed by atoms with Gasteiger partial charge in [-0.25, -0.2) is 0 Å². The van der Waals surface area contributed by atoms with Crippen molar-refractivity contribution in [3.05, 3.63) is 331 Å². The second kappa shape index (κ2) is 36.2. The Morgan fingerprint density at radius 1 is 0.347 bits per heavy atom. The van der Waals surface area contributed by atoms with E-state index in [4.69, 9.17) is 35.0 Å². The average molecular weight is 1270 g/mol. The van der Waals surface area contributed by atoms with Gasteiger partial charge in [0.2, 0.25) is 0 Å². The van der Waals surface area contributed by atoms with Crippen molar-refractivity contribution in [3.8, 4) is 57.8 Å². The largest absolute Gasteiger partial charge is 0.507 e. The second-order valence-electron chi connectivity index (χ2n) is 20.9. The highest BCUT2D eigenvalue weighted by Crippen LogP contribution is 2.36. The normalized spacial score (nSPS) is 10.1. The molecule has 0 saturated carbocycles. The van der Waals surface area contributed by atoms with Gasteiger partial charge in [-0.15, -0.1) is 12.4 Å². The number of aldehydes is 3. The van der Waals surface area contributed by atoms with Crippen LogP contribution in [0, 0.1) is 11.3 Å². The van der Waals surface area contributed by atoms with Crippen molar-refractivity contribution >= 4 is 85.1 Å². The predicted molar refractivity (Wildman–Crippen MR) is 386 cm³/mol. The molecule has 0 amide bonds. The number of aliphatic hydroxyl groups is 1. The van der Waals surface area contributed by atoms with Gasteiger partial charge in [0.1, 0.15) is 51.7 Å². The van der Waals surface area contributed by atoms with Crippen LogP contribution in [-0.2, 0) is 12.8 Å². The number of hydrogen-bond donors (Lipinski definition) is 3. The van der Waals surface area contributed by atoms with Gasteiger partial charge in [-0.2, -0.15) is 5.26 Å². The molecule has 0 heterocycles. The number of halogens is 1. The number of benzene rings is 14. The molecule has 0 bridgehead atoms. The Hall–Kier alpha value is -11.9. The number of aromatic hydroxyl groups is 1. The Morgan fingerprint density at radius 3 is 0.926 bits per heavy atom. The molecule has 0 aliphatic heterocycles. The highest BCUT2D eigenvalue weighted by Gasteiger charge is 2.12. The molecule has 0 unspecified atom stereocenters. The lowest BCUT2D eigenvalue weighted by molar-refractivity contribution is 0.111. The van der Waals surface area contributed by atoms with Crippen LogP contribution in [0.2, 0.25) is 0 Å². The second-order valence-corrected chi connectivity index (χ2v) is 20.9. The summed E-state index contributed by atoms with van der Waals surface area (Å²) in [6.07, 6.45) is 3.82. The predicted octanol–water partition coefficient (Wildman–Crippen LogP) is 20.5. The van der Waals surface area contributed by atoms with E-state index in [2.05, 4.69) is 30.3 Å². The lowest BCUT2D eigenvalue weighted by atomic mass is 10.0. The minimum absolute atomic E-state index is 0. The van der Waals surface area contributed by atoms with Crippen molar-refractivity contribution in [2.24, 2.45) is 5.73 Å². The molecule has 12 heteroatoms. The molecule has 0 aliphatic rings. The zero-order valence-electron chi connectivity index (χ0n) is 52.1. The SMILES string of the molecule is CCO.Cl.N#CCc1ccc(Oc2ccccc2)c2ccccc12.NCCc1ccc(Oc2ccccc2)c2ccccc12.O=Cc1ccc(O)c2ccccc12.O=Cc1ccc(Oc2ccccc2)c2ccccc12.O=Cc1ccc(Oc2ccccc2)c2ccccc12. The van der Waals surface area contributed by atoms with E-state index in [0.29, 0.717) is 35.0 Å². The van der Waals surface area contributed by atoms with E-state index >= 15 is 0 Å². The fourth-order valence-electron chi connectivity index (χ4n) is 10.3. The molecule has 14 aromatic carbocycles. The standard InChI is InChI=1S/C18H17NO.C18H13NO.2C17H12O2.C11H8O2.C2H6O.ClH/c2*19-13-12-14-10-11-18(17-9-5-4-8-16(14)17)20-15-6-2-1-3-7-15;2*18-12-13-10-11-17(16-9-5-4-8-15(13)16)19-14-6-2-1-3-7-14;12-7-8-5-6-11(13)10-4-2-1-3-9(8)10;1-2-3;/h1-11H,12-13,19H2;1-11H,12H2;2*1-12H;1-7,13H;3H,2H2,1H3;1H. The minimum atomic E-state index is 0. The maximum absolute atomic E-state index is 11.0. The minimum Gasteiger partial charge on any atom is -0.507 e. The van der Waals surface area contributed by atoms with Crippen molar-refractivity contribution < 1.29 is 43.5 Å². The first kappa shape index (κ1) is 69.0. The van der Waals surface area contributed by atoms with Crippen LogP contribution in [-0.4, -0.2) is 42.2 Å². The third-order valence-corrected chi connectivity index (χ3v) is 14.7. The van der Waals surface area contributed by atoms with Crippen molar-refractivity contribution in [3.63, 3.8) is 0 Å². The number of rotatable bonds is 14. The molecule has 14 rings (SSSR count). The molecule has 11 nitrogen and oxygen atoms in total. The van der Waals surface area contributed by atoms with Crippen LogP contribution in [0.3, 0.4) is 0 Å². The summed E-state index contributed by atoms with van der Waals surface area (Å²) < 4.78 is 23.7. The molecule has 4 N–H and O–H groups in total. The smallest absolute Gasteiger partial charge is 0.150 e. The third kappa shape index (κ3) is 18.6. The molecule has 0 aliphatic carbocycles. The summed E-state index contributed by atoms with van der Waals surface area (Å²) in [5.74, 6) is 6.65. The average Bonchev–Trinajstić information content (AvgIpc) is 0.962. The van der Waals surface area contributed by atoms with E-state index in [1.165, 1.54) is 17.0 Å². The Labute approximate surface area is 558 Å². The highest BCUT2D eigenvalue weighted by atomic mass is 35.5. The zero-order chi connectivity index (χ0) is 65.7. The first-order valence-electron chi connectivity index (χ1n) is 30.5. The van der Waals surface area contributed by atoms with Crippen LogP contribution in [0.25, 0.3) is 53.9 Å². The number of para-hydroxylation sites is 4. The lowest BCUT2D eigenvalue weighted by Crippen LogP contribution is -2.03. The third-order valence-electron chi connectivity index (χ3n) is 14.7. The summed E-state index contributed by atoms with van der Waals surface area (Å²) in [4.78, 5) is 32.7. The van der Waals surface area contributed by atoms with Crippen molar-refractivity contribution in [2.45, 2.75) is 19.8 Å². The first-order valence-corrected chi connectivity index (χ1v) is 30.5. The maximum atomic E-state index is 11.0. The fraction of sp³-hybridized carbons (Fsp3) is 0.0602. The number of ether oxygens (including phenoxy) is 4. The number of hydrogen-bond acceptors (Lipinski definition) is 11. The summed E-state index contributed by atoms with van der Waals surface area (Å²) in [6.45, 7) is 2.59. The van der Waals surface area contributed by atoms with E-state index in [-0.39, 0.29) is 24.8 Å². The topological polar surface area (TPSA) is 178 Å². The molecule has 472 valence electrons. The summed E-state index contributed by atoms with van der Waals surface area (Å²) in [5.41, 5.74) is 9.94. The molecule has 0 spiro atoms. The Morgan fingerprint density at radius 2 is 0.600 bits per heavy atom. The van der Waals surface area contributed by atoms with Crippen LogP contribution in [0.5, 0.6) is 51.7 Å². The van der Waals surface area contributed by atoms with E-state index in [9.17, 15) is 19.5 Å². The fourth-order valence-corrected chi connectivity index (χ4v) is 10.3. The number of phenolic OH excluding ortho intramolecular Hbond substituents is 1. The molecule has 14 aromatic rings. The number of nitriles is 1. The lowest BCUT2D eigenvalue weighted by Gasteiger charge is -2.12. The molecule has 0 aromatic heterocycles. The van der Waals surface area contributed by atoms with Gasteiger partial charge in [-0.05, 0) is 155 Å². The van der Waals surface area contributed by atoms with Crippen LogP contribution in [0.1, 0.15) is 49.1 Å². The molecular weight excluding hydrogens is 1200 g/mol. The van der Waals surface area contributed by atoms with Gasteiger partial charge in [0.05, 0.1) is 12.5 Å². The van der Waals surface area contributed by atoms with Crippen LogP contribution >= 0.6 is 12.4 Å². The van der Waals surface area contributed by atoms with Gasteiger partial charge in [-0.1, -0.05) is 206 Å². The summed E-state index contributed by atoms with van der Waals surface area (Å²) in [5, 5.41) is 35.6. The van der Waals surface area contributed by atoms with Gasteiger partial charge in [0, 0.05) is 50.2 Å². The zero-order valence-corrected chi connectivity index (χ0v) is 52.9. The summed E-state index contributed by atoms with van der Waals surface area (Å²) >= 11 is 0. The Bertz CT molecular complexity index is 4690. The van der Waals surface area contributed by atoms with Gasteiger partial charge in [-0.3, -0.25) is 14.4 Å². The molecule has 0 fully saturated rings. The Kier molecular flexibility index (Phi) is 26.3. The van der Waals surface area contributed by atoms with Gasteiger partial charge < -0.3 is 34.9 Å². The van der Waals surface area contributed by atoms with Crippen molar-refractivity contribution in [2.75, 3.05) is 13.2 Å². The number of fused-ring (bicyclic) bond motifs is 5. The summed E-state index contributed by atoms with van der Waals surface area (Å²) in [7, 11) is 0. The van der Waals surface area contributed by atoms with Crippen molar-refractivity contribution in [1.82, 2.24) is 0 Å².